The van der Waals surface area contributed by atoms with Gasteiger partial charge in [-0.25, -0.2) is 0 Å². The van der Waals surface area contributed by atoms with Crippen molar-refractivity contribution in [1.82, 2.24) is 0 Å². The van der Waals surface area contributed by atoms with Crippen LogP contribution in [0.4, 0.5) is 11.4 Å². The third-order valence-corrected chi connectivity index (χ3v) is 4.26. The van der Waals surface area contributed by atoms with E-state index >= 15 is 0 Å². The highest BCUT2D eigenvalue weighted by Crippen LogP contribution is 2.39. The molecule has 3 rings (SSSR count). The molecule has 0 aromatic heterocycles. The van der Waals surface area contributed by atoms with Crippen molar-refractivity contribution in [3.63, 3.8) is 0 Å². The molecular formula is C13H15ClN2O3. The van der Waals surface area contributed by atoms with Crippen molar-refractivity contribution in [2.75, 3.05) is 11.9 Å². The number of anilines is 1. The van der Waals surface area contributed by atoms with Crippen molar-refractivity contribution in [2.45, 2.75) is 31.5 Å². The Labute approximate surface area is 116 Å². The summed E-state index contributed by atoms with van der Waals surface area (Å²) in [5.41, 5.74) is 0.438. The van der Waals surface area contributed by atoms with Crippen LogP contribution in [0.1, 0.15) is 19.3 Å². The Bertz CT molecular complexity index is 509. The number of nitro groups is 1. The van der Waals surface area contributed by atoms with Gasteiger partial charge in [0.05, 0.1) is 17.1 Å². The third-order valence-electron chi connectivity index (χ3n) is 3.96. The highest BCUT2D eigenvalue weighted by molar-refractivity contribution is 6.33. The maximum atomic E-state index is 11.0. The summed E-state index contributed by atoms with van der Waals surface area (Å²) >= 11 is 5.88. The van der Waals surface area contributed by atoms with Gasteiger partial charge in [0.25, 0.3) is 0 Å². The van der Waals surface area contributed by atoms with E-state index in [0.717, 1.165) is 19.3 Å². The van der Waals surface area contributed by atoms with Crippen LogP contribution < -0.4 is 5.32 Å². The molecule has 0 amide bonds. The summed E-state index contributed by atoms with van der Waals surface area (Å²) < 4.78 is 5.77. The van der Waals surface area contributed by atoms with Crippen molar-refractivity contribution in [1.29, 1.82) is 0 Å². The SMILES string of the molecule is O=[N+]([O-])c1c(Cl)cccc1NCC1CC2CCC1O2. The van der Waals surface area contributed by atoms with Crippen LogP contribution in [-0.2, 0) is 4.74 Å². The van der Waals surface area contributed by atoms with Gasteiger partial charge in [-0.15, -0.1) is 0 Å². The molecule has 2 bridgehead atoms. The molecule has 1 aromatic carbocycles. The lowest BCUT2D eigenvalue weighted by atomic mass is 9.89. The van der Waals surface area contributed by atoms with Gasteiger partial charge in [0.2, 0.25) is 0 Å². The molecule has 3 unspecified atom stereocenters. The number of hydrogen-bond acceptors (Lipinski definition) is 4. The van der Waals surface area contributed by atoms with E-state index in [4.69, 9.17) is 16.3 Å². The van der Waals surface area contributed by atoms with Crippen molar-refractivity contribution >= 4 is 23.0 Å². The molecule has 2 aliphatic heterocycles. The van der Waals surface area contributed by atoms with Crippen molar-refractivity contribution in [2.24, 2.45) is 5.92 Å². The van der Waals surface area contributed by atoms with Gasteiger partial charge < -0.3 is 10.1 Å². The number of rotatable bonds is 4. The number of para-hydroxylation sites is 1. The topological polar surface area (TPSA) is 64.4 Å². The van der Waals surface area contributed by atoms with Crippen LogP contribution in [0.3, 0.4) is 0 Å². The van der Waals surface area contributed by atoms with Gasteiger partial charge in [0, 0.05) is 12.5 Å². The van der Waals surface area contributed by atoms with Crippen LogP contribution in [0.15, 0.2) is 18.2 Å². The highest BCUT2D eigenvalue weighted by atomic mass is 35.5. The summed E-state index contributed by atoms with van der Waals surface area (Å²) in [6.07, 6.45) is 4.01. The van der Waals surface area contributed by atoms with Gasteiger partial charge in [-0.2, -0.15) is 0 Å². The molecule has 2 heterocycles. The first-order valence-electron chi connectivity index (χ1n) is 6.47. The third kappa shape index (κ3) is 2.40. The zero-order valence-electron chi connectivity index (χ0n) is 10.3. The number of nitrogens with zero attached hydrogens (tertiary/aromatic N) is 1. The molecule has 0 spiro atoms. The molecule has 2 aliphatic rings. The highest BCUT2D eigenvalue weighted by Gasteiger charge is 2.40. The van der Waals surface area contributed by atoms with Gasteiger partial charge in [-0.1, -0.05) is 17.7 Å². The number of ether oxygens (including phenoxy) is 1. The Hall–Kier alpha value is -1.33. The number of benzene rings is 1. The Morgan fingerprint density at radius 2 is 2.32 bits per heavy atom. The van der Waals surface area contributed by atoms with Gasteiger partial charge in [0.15, 0.2) is 0 Å². The van der Waals surface area contributed by atoms with Crippen LogP contribution >= 0.6 is 11.6 Å². The number of fused-ring (bicyclic) bond motifs is 2. The number of nitrogens with one attached hydrogen (secondary N) is 1. The zero-order chi connectivity index (χ0) is 13.4. The van der Waals surface area contributed by atoms with E-state index < -0.39 is 4.92 Å². The first kappa shape index (κ1) is 12.7. The van der Waals surface area contributed by atoms with Crippen LogP contribution in [0.2, 0.25) is 5.02 Å². The molecule has 102 valence electrons. The van der Waals surface area contributed by atoms with E-state index in [-0.39, 0.29) is 10.7 Å². The standard InChI is InChI=1S/C13H15ClN2O3/c14-10-2-1-3-11(13(10)16(17)18)15-7-8-6-9-4-5-12(8)19-9/h1-3,8-9,12,15H,4-7H2. The Balaban J connectivity index is 1.70. The second kappa shape index (κ2) is 4.98. The summed E-state index contributed by atoms with van der Waals surface area (Å²) in [5, 5.41) is 14.3. The maximum absolute atomic E-state index is 11.0. The van der Waals surface area contributed by atoms with Crippen molar-refractivity contribution in [3.05, 3.63) is 33.3 Å². The molecule has 3 atom stereocenters. The Kier molecular flexibility index (Phi) is 3.33. The summed E-state index contributed by atoms with van der Waals surface area (Å²) in [7, 11) is 0. The van der Waals surface area contributed by atoms with E-state index in [1.165, 1.54) is 6.07 Å². The van der Waals surface area contributed by atoms with Crippen molar-refractivity contribution < 1.29 is 9.66 Å². The van der Waals surface area contributed by atoms with Gasteiger partial charge >= 0.3 is 5.69 Å². The molecule has 6 heteroatoms. The molecule has 5 nitrogen and oxygen atoms in total. The minimum Gasteiger partial charge on any atom is -0.379 e. The van der Waals surface area contributed by atoms with E-state index in [2.05, 4.69) is 5.32 Å². The molecular weight excluding hydrogens is 268 g/mol. The smallest absolute Gasteiger partial charge is 0.310 e. The number of halogens is 1. The van der Waals surface area contributed by atoms with Crippen LogP contribution in [-0.4, -0.2) is 23.7 Å². The molecule has 1 N–H and O–H groups in total. The second-order valence-corrected chi connectivity index (χ2v) is 5.55. The van der Waals surface area contributed by atoms with E-state index in [9.17, 15) is 10.1 Å². The second-order valence-electron chi connectivity index (χ2n) is 5.14. The molecule has 1 aromatic rings. The average Bonchev–Trinajstić information content (AvgIpc) is 2.97. The lowest BCUT2D eigenvalue weighted by Gasteiger charge is -2.19. The number of hydrogen-bond donors (Lipinski definition) is 1. The number of nitro benzene ring substituents is 1. The van der Waals surface area contributed by atoms with Crippen LogP contribution in [0.25, 0.3) is 0 Å². The van der Waals surface area contributed by atoms with E-state index in [1.54, 1.807) is 12.1 Å². The van der Waals surface area contributed by atoms with Crippen molar-refractivity contribution in [3.8, 4) is 0 Å². The first-order valence-corrected chi connectivity index (χ1v) is 6.85. The largest absolute Gasteiger partial charge is 0.379 e. The molecule has 0 radical (unpaired) electrons. The first-order chi connectivity index (χ1) is 9.15. The molecule has 2 fully saturated rings. The molecule has 0 aliphatic carbocycles. The lowest BCUT2D eigenvalue weighted by molar-refractivity contribution is -0.383. The monoisotopic (exact) mass is 282 g/mol. The summed E-state index contributed by atoms with van der Waals surface area (Å²) in [6.45, 7) is 0.697. The molecule has 0 saturated carbocycles. The normalized spacial score (nSPS) is 28.6. The van der Waals surface area contributed by atoms with Gasteiger partial charge in [-0.3, -0.25) is 10.1 Å². The maximum Gasteiger partial charge on any atom is 0.310 e. The predicted molar refractivity (Wildman–Crippen MR) is 72.6 cm³/mol. The molecule has 2 saturated heterocycles. The fourth-order valence-electron chi connectivity index (χ4n) is 3.04. The summed E-state index contributed by atoms with van der Waals surface area (Å²) in [6, 6.07) is 4.94. The fraction of sp³-hybridized carbons (Fsp3) is 0.538. The Morgan fingerprint density at radius 1 is 1.47 bits per heavy atom. The zero-order valence-corrected chi connectivity index (χ0v) is 11.1. The molecule has 19 heavy (non-hydrogen) atoms. The predicted octanol–water partition coefficient (Wildman–Crippen LogP) is 3.23. The lowest BCUT2D eigenvalue weighted by Crippen LogP contribution is -2.24. The van der Waals surface area contributed by atoms with Gasteiger partial charge in [-0.05, 0) is 31.4 Å². The Morgan fingerprint density at radius 3 is 2.95 bits per heavy atom. The average molecular weight is 283 g/mol. The minimum atomic E-state index is -0.442. The fourth-order valence-corrected chi connectivity index (χ4v) is 3.29. The van der Waals surface area contributed by atoms with Crippen LogP contribution in [0, 0.1) is 16.0 Å². The quantitative estimate of drug-likeness (QED) is 0.680. The van der Waals surface area contributed by atoms with Gasteiger partial charge in [0.1, 0.15) is 10.7 Å². The van der Waals surface area contributed by atoms with Crippen LogP contribution in [0.5, 0.6) is 0 Å². The summed E-state index contributed by atoms with van der Waals surface area (Å²) in [4.78, 5) is 10.6. The van der Waals surface area contributed by atoms with E-state index in [0.29, 0.717) is 30.4 Å². The van der Waals surface area contributed by atoms with E-state index in [1.807, 2.05) is 0 Å². The summed E-state index contributed by atoms with van der Waals surface area (Å²) in [5.74, 6) is 0.442. The minimum absolute atomic E-state index is 0.0479.